The number of benzene rings is 8. The van der Waals surface area contributed by atoms with Gasteiger partial charge >= 0.3 is 0 Å². The van der Waals surface area contributed by atoms with Crippen LogP contribution in [0.25, 0.3) is 69.2 Å². The van der Waals surface area contributed by atoms with E-state index < -0.39 is 0 Å². The SMILES string of the molecule is c1ccc(N(c2ccc3sc4c5ccccc5ccc4c3c2)c2ccc3c4c5ccccc5ccc4n(-c4ccccc4)c3c2)cc1. The molecule has 47 heavy (non-hydrogen) atoms. The first-order chi connectivity index (χ1) is 23.3. The van der Waals surface area contributed by atoms with Crippen molar-refractivity contribution in [1.29, 1.82) is 0 Å². The molecule has 0 aliphatic heterocycles. The molecule has 0 unspecified atom stereocenters. The van der Waals surface area contributed by atoms with Crippen molar-refractivity contribution in [2.24, 2.45) is 0 Å². The van der Waals surface area contributed by atoms with E-state index in [0.29, 0.717) is 0 Å². The maximum Gasteiger partial charge on any atom is 0.0562 e. The summed E-state index contributed by atoms with van der Waals surface area (Å²) < 4.78 is 5.08. The largest absolute Gasteiger partial charge is 0.310 e. The molecule has 0 aliphatic rings. The monoisotopic (exact) mass is 616 g/mol. The fraction of sp³-hybridized carbons (Fsp3) is 0. The van der Waals surface area contributed by atoms with Gasteiger partial charge in [-0.2, -0.15) is 0 Å². The number of anilines is 3. The van der Waals surface area contributed by atoms with E-state index in [1.807, 2.05) is 11.3 Å². The maximum absolute atomic E-state index is 2.42. The molecule has 0 spiro atoms. The highest BCUT2D eigenvalue weighted by Gasteiger charge is 2.20. The summed E-state index contributed by atoms with van der Waals surface area (Å²) >= 11 is 1.89. The first-order valence-electron chi connectivity index (χ1n) is 16.0. The second-order valence-corrected chi connectivity index (χ2v) is 13.2. The van der Waals surface area contributed by atoms with Crippen molar-refractivity contribution in [3.63, 3.8) is 0 Å². The van der Waals surface area contributed by atoms with Gasteiger partial charge < -0.3 is 9.47 Å². The van der Waals surface area contributed by atoms with Crippen LogP contribution < -0.4 is 4.90 Å². The zero-order valence-corrected chi connectivity index (χ0v) is 26.3. The van der Waals surface area contributed by atoms with E-state index in [1.54, 1.807) is 0 Å². The summed E-state index contributed by atoms with van der Waals surface area (Å²) in [6.45, 7) is 0. The van der Waals surface area contributed by atoms with Gasteiger partial charge in [0.2, 0.25) is 0 Å². The molecule has 2 aromatic heterocycles. The van der Waals surface area contributed by atoms with Gasteiger partial charge in [0.15, 0.2) is 0 Å². The predicted octanol–water partition coefficient (Wildman–Crippen LogP) is 12.9. The van der Waals surface area contributed by atoms with Crippen LogP contribution in [0.4, 0.5) is 17.1 Å². The fourth-order valence-electron chi connectivity index (χ4n) is 7.43. The van der Waals surface area contributed by atoms with Gasteiger partial charge in [-0.1, -0.05) is 109 Å². The number of aromatic nitrogens is 1. The van der Waals surface area contributed by atoms with Gasteiger partial charge in [-0.25, -0.2) is 0 Å². The number of thiophene rings is 1. The van der Waals surface area contributed by atoms with Gasteiger partial charge in [0.05, 0.1) is 11.0 Å². The Morgan fingerprint density at radius 3 is 1.87 bits per heavy atom. The number of nitrogens with zero attached hydrogens (tertiary/aromatic N) is 2. The van der Waals surface area contributed by atoms with Gasteiger partial charge in [-0.3, -0.25) is 0 Å². The molecule has 0 N–H and O–H groups in total. The third-order valence-electron chi connectivity index (χ3n) is 9.53. The van der Waals surface area contributed by atoms with Crippen LogP contribution >= 0.6 is 11.3 Å². The van der Waals surface area contributed by atoms with E-state index in [2.05, 4.69) is 179 Å². The van der Waals surface area contributed by atoms with Crippen molar-refractivity contribution in [1.82, 2.24) is 4.57 Å². The van der Waals surface area contributed by atoms with E-state index in [-0.39, 0.29) is 0 Å². The molecule has 2 heterocycles. The Balaban J connectivity index is 1.24. The van der Waals surface area contributed by atoms with Crippen molar-refractivity contribution in [2.75, 3.05) is 4.90 Å². The van der Waals surface area contributed by atoms with Crippen LogP contribution in [-0.4, -0.2) is 4.57 Å². The second kappa shape index (κ2) is 10.3. The summed E-state index contributed by atoms with van der Waals surface area (Å²) in [5, 5.41) is 10.3. The summed E-state index contributed by atoms with van der Waals surface area (Å²) in [6.07, 6.45) is 0. The normalized spacial score (nSPS) is 11.8. The Morgan fingerprint density at radius 2 is 1.04 bits per heavy atom. The van der Waals surface area contributed by atoms with Gasteiger partial charge in [0, 0.05) is 53.7 Å². The molecule has 0 saturated carbocycles. The lowest BCUT2D eigenvalue weighted by molar-refractivity contribution is 1.18. The highest BCUT2D eigenvalue weighted by Crippen LogP contribution is 2.44. The average molecular weight is 617 g/mol. The van der Waals surface area contributed by atoms with Crippen LogP contribution in [0.1, 0.15) is 0 Å². The molecule has 10 rings (SSSR count). The molecule has 8 aromatic carbocycles. The summed E-state index contributed by atoms with van der Waals surface area (Å²) in [5.41, 5.74) is 6.95. The smallest absolute Gasteiger partial charge is 0.0562 e. The minimum absolute atomic E-state index is 1.12. The third kappa shape index (κ3) is 4.04. The van der Waals surface area contributed by atoms with E-state index in [9.17, 15) is 0 Å². The number of hydrogen-bond donors (Lipinski definition) is 0. The number of hydrogen-bond acceptors (Lipinski definition) is 2. The molecule has 2 nitrogen and oxygen atoms in total. The van der Waals surface area contributed by atoms with E-state index in [0.717, 1.165) is 22.7 Å². The Morgan fingerprint density at radius 1 is 0.404 bits per heavy atom. The van der Waals surface area contributed by atoms with E-state index >= 15 is 0 Å². The minimum Gasteiger partial charge on any atom is -0.310 e. The van der Waals surface area contributed by atoms with E-state index in [1.165, 1.54) is 63.5 Å². The van der Waals surface area contributed by atoms with Crippen LogP contribution in [0.5, 0.6) is 0 Å². The Hall–Kier alpha value is -5.90. The Kier molecular flexibility index (Phi) is 5.78. The van der Waals surface area contributed by atoms with Crippen LogP contribution in [-0.2, 0) is 0 Å². The quantitative estimate of drug-likeness (QED) is 0.191. The molecule has 0 amide bonds. The van der Waals surface area contributed by atoms with E-state index in [4.69, 9.17) is 0 Å². The summed E-state index contributed by atoms with van der Waals surface area (Å²) in [6, 6.07) is 61.9. The highest BCUT2D eigenvalue weighted by atomic mass is 32.1. The predicted molar refractivity (Wildman–Crippen MR) is 203 cm³/mol. The lowest BCUT2D eigenvalue weighted by Crippen LogP contribution is -2.09. The lowest BCUT2D eigenvalue weighted by atomic mass is 10.0. The molecule has 10 aromatic rings. The molecule has 0 fully saturated rings. The zero-order chi connectivity index (χ0) is 30.9. The fourth-order valence-corrected chi connectivity index (χ4v) is 8.64. The van der Waals surface area contributed by atoms with Gasteiger partial charge in [-0.15, -0.1) is 11.3 Å². The molecule has 0 aliphatic carbocycles. The van der Waals surface area contributed by atoms with Gasteiger partial charge in [0.25, 0.3) is 0 Å². The molecule has 220 valence electrons. The topological polar surface area (TPSA) is 8.17 Å². The summed E-state index contributed by atoms with van der Waals surface area (Å²) in [5.74, 6) is 0. The molecule has 0 saturated heterocycles. The number of rotatable bonds is 4. The number of para-hydroxylation sites is 2. The molecular formula is C44H28N2S. The third-order valence-corrected chi connectivity index (χ3v) is 10.7. The van der Waals surface area contributed by atoms with Crippen molar-refractivity contribution in [3.8, 4) is 5.69 Å². The molecule has 0 radical (unpaired) electrons. The average Bonchev–Trinajstić information content (AvgIpc) is 3.68. The highest BCUT2D eigenvalue weighted by molar-refractivity contribution is 7.26. The molecule has 0 atom stereocenters. The van der Waals surface area contributed by atoms with Crippen molar-refractivity contribution < 1.29 is 0 Å². The maximum atomic E-state index is 2.42. The van der Waals surface area contributed by atoms with Crippen LogP contribution in [0.15, 0.2) is 170 Å². The first kappa shape index (κ1) is 26.3. The summed E-state index contributed by atoms with van der Waals surface area (Å²) in [7, 11) is 0. The first-order valence-corrected chi connectivity index (χ1v) is 16.8. The number of fused-ring (bicyclic) bond motifs is 10. The zero-order valence-electron chi connectivity index (χ0n) is 25.5. The van der Waals surface area contributed by atoms with Crippen molar-refractivity contribution in [3.05, 3.63) is 170 Å². The minimum atomic E-state index is 1.12. The molecular weight excluding hydrogens is 589 g/mol. The molecule has 0 bridgehead atoms. The van der Waals surface area contributed by atoms with Crippen LogP contribution in [0.2, 0.25) is 0 Å². The van der Waals surface area contributed by atoms with Gasteiger partial charge in [-0.05, 0) is 82.2 Å². The van der Waals surface area contributed by atoms with Crippen LogP contribution in [0.3, 0.4) is 0 Å². The molecule has 3 heteroatoms. The van der Waals surface area contributed by atoms with Crippen molar-refractivity contribution >= 4 is 91.9 Å². The van der Waals surface area contributed by atoms with Crippen molar-refractivity contribution in [2.45, 2.75) is 0 Å². The standard InChI is InChI=1S/C44H28N2S/c1-3-13-31(14-4-1)45(33-22-26-42-39(27-33)37-23-19-30-12-8-10-18-36(30)44(37)47-42)34-21-24-38-41(28-34)46(32-15-5-2-6-16-32)40-25-20-29-11-7-9-17-35(29)43(38)40/h1-28H. The van der Waals surface area contributed by atoms with Gasteiger partial charge in [0.1, 0.15) is 0 Å². The lowest BCUT2D eigenvalue weighted by Gasteiger charge is -2.26. The van der Waals surface area contributed by atoms with Crippen LogP contribution in [0, 0.1) is 0 Å². The Bertz CT molecular complexity index is 2790. The summed E-state index contributed by atoms with van der Waals surface area (Å²) in [4.78, 5) is 2.40. The second-order valence-electron chi connectivity index (χ2n) is 12.2. The Labute approximate surface area is 276 Å².